The van der Waals surface area contributed by atoms with E-state index < -0.39 is 6.23 Å². The van der Waals surface area contributed by atoms with Crippen molar-refractivity contribution in [2.45, 2.75) is 68.7 Å². The van der Waals surface area contributed by atoms with Gasteiger partial charge >= 0.3 is 0 Å². The molecule has 5 heteroatoms. The summed E-state index contributed by atoms with van der Waals surface area (Å²) in [7, 11) is 0. The quantitative estimate of drug-likeness (QED) is 0.770. The third-order valence-corrected chi connectivity index (χ3v) is 6.24. The summed E-state index contributed by atoms with van der Waals surface area (Å²) in [5.41, 5.74) is 1.08. The second-order valence-electron chi connectivity index (χ2n) is 6.85. The Kier molecular flexibility index (Phi) is 5.51. The third-order valence-electron chi connectivity index (χ3n) is 5.43. The van der Waals surface area contributed by atoms with E-state index in [0.717, 1.165) is 62.1 Å². The molecule has 0 amide bonds. The molecule has 3 rings (SSSR count). The second kappa shape index (κ2) is 7.23. The number of hydrogen-bond donors (Lipinski definition) is 2. The molecule has 1 saturated heterocycles. The zero-order chi connectivity index (χ0) is 15.7. The SMILES string of the molecule is OC1CCC(N2CCC(CC3=C(Cl)C=CCC3Cl)C2O)CC1. The first kappa shape index (κ1) is 16.8. The Hall–Kier alpha value is -0.0600. The van der Waals surface area contributed by atoms with E-state index in [9.17, 15) is 10.2 Å². The Morgan fingerprint density at radius 2 is 1.86 bits per heavy atom. The molecule has 2 aliphatic carbocycles. The van der Waals surface area contributed by atoms with Crippen LogP contribution in [0.4, 0.5) is 0 Å². The average molecular weight is 346 g/mol. The highest BCUT2D eigenvalue weighted by molar-refractivity contribution is 6.33. The normalized spacial score (nSPS) is 40.5. The third kappa shape index (κ3) is 3.54. The molecule has 2 fully saturated rings. The first-order chi connectivity index (χ1) is 10.6. The van der Waals surface area contributed by atoms with Gasteiger partial charge in [0.15, 0.2) is 0 Å². The summed E-state index contributed by atoms with van der Waals surface area (Å²) in [5, 5.41) is 21.1. The number of allylic oxidation sites excluding steroid dienone is 4. The Morgan fingerprint density at radius 1 is 1.14 bits per heavy atom. The molecule has 2 N–H and O–H groups in total. The van der Waals surface area contributed by atoms with E-state index >= 15 is 0 Å². The maximum Gasteiger partial charge on any atom is 0.110 e. The number of hydrogen-bond acceptors (Lipinski definition) is 3. The van der Waals surface area contributed by atoms with Gasteiger partial charge in [0.25, 0.3) is 0 Å². The molecule has 0 spiro atoms. The maximum atomic E-state index is 10.7. The maximum absolute atomic E-state index is 10.7. The van der Waals surface area contributed by atoms with E-state index in [1.54, 1.807) is 0 Å². The number of aliphatic hydroxyl groups excluding tert-OH is 2. The first-order valence-corrected chi connectivity index (χ1v) is 9.18. The highest BCUT2D eigenvalue weighted by Gasteiger charge is 2.39. The van der Waals surface area contributed by atoms with Crippen LogP contribution in [0.5, 0.6) is 0 Å². The van der Waals surface area contributed by atoms with Gasteiger partial charge in [-0.05, 0) is 56.6 Å². The fraction of sp³-hybridized carbons (Fsp3) is 0.765. The lowest BCUT2D eigenvalue weighted by Gasteiger charge is -2.36. The fourth-order valence-electron chi connectivity index (χ4n) is 4.06. The molecule has 0 bridgehead atoms. The van der Waals surface area contributed by atoms with Crippen molar-refractivity contribution >= 4 is 23.2 Å². The molecule has 3 nitrogen and oxygen atoms in total. The molecule has 0 radical (unpaired) electrons. The zero-order valence-corrected chi connectivity index (χ0v) is 14.3. The van der Waals surface area contributed by atoms with Gasteiger partial charge in [0.2, 0.25) is 0 Å². The van der Waals surface area contributed by atoms with E-state index in [0.29, 0.717) is 6.04 Å². The van der Waals surface area contributed by atoms with Gasteiger partial charge in [0, 0.05) is 23.5 Å². The number of aliphatic hydroxyl groups is 2. The van der Waals surface area contributed by atoms with Crippen molar-refractivity contribution in [1.29, 1.82) is 0 Å². The van der Waals surface area contributed by atoms with Gasteiger partial charge in [-0.1, -0.05) is 17.7 Å². The molecule has 1 saturated carbocycles. The van der Waals surface area contributed by atoms with E-state index in [-0.39, 0.29) is 17.4 Å². The van der Waals surface area contributed by atoms with Crippen LogP contribution >= 0.6 is 23.2 Å². The Balaban J connectivity index is 1.61. The Morgan fingerprint density at radius 3 is 2.55 bits per heavy atom. The van der Waals surface area contributed by atoms with Crippen molar-refractivity contribution in [2.24, 2.45) is 5.92 Å². The van der Waals surface area contributed by atoms with Gasteiger partial charge in [-0.25, -0.2) is 0 Å². The first-order valence-electron chi connectivity index (χ1n) is 8.37. The van der Waals surface area contributed by atoms with Crippen molar-refractivity contribution in [2.75, 3.05) is 6.54 Å². The predicted molar refractivity (Wildman–Crippen MR) is 90.0 cm³/mol. The van der Waals surface area contributed by atoms with Crippen LogP contribution in [0.1, 0.15) is 44.9 Å². The van der Waals surface area contributed by atoms with Gasteiger partial charge in [0.05, 0.1) is 11.5 Å². The minimum absolute atomic E-state index is 0.0384. The molecule has 124 valence electrons. The highest BCUT2D eigenvalue weighted by Crippen LogP contribution is 2.38. The fourth-order valence-corrected chi connectivity index (χ4v) is 4.72. The molecule has 0 aromatic rings. The monoisotopic (exact) mass is 345 g/mol. The number of nitrogens with zero attached hydrogens (tertiary/aromatic N) is 1. The predicted octanol–water partition coefficient (Wildman–Crippen LogP) is 3.38. The van der Waals surface area contributed by atoms with Crippen LogP contribution in [0.2, 0.25) is 0 Å². The van der Waals surface area contributed by atoms with Crippen LogP contribution in [0, 0.1) is 5.92 Å². The summed E-state index contributed by atoms with van der Waals surface area (Å²) in [6, 6.07) is 0.408. The minimum atomic E-state index is -0.410. The van der Waals surface area contributed by atoms with E-state index in [2.05, 4.69) is 4.90 Å². The van der Waals surface area contributed by atoms with E-state index in [4.69, 9.17) is 23.2 Å². The van der Waals surface area contributed by atoms with Crippen LogP contribution < -0.4 is 0 Å². The molecule has 3 atom stereocenters. The van der Waals surface area contributed by atoms with Crippen LogP contribution in [-0.4, -0.2) is 45.4 Å². The summed E-state index contributed by atoms with van der Waals surface area (Å²) in [6.07, 6.45) is 9.63. The van der Waals surface area contributed by atoms with Gasteiger partial charge in [-0.15, -0.1) is 11.6 Å². The van der Waals surface area contributed by atoms with Crippen molar-refractivity contribution in [3.8, 4) is 0 Å². The topological polar surface area (TPSA) is 43.7 Å². The minimum Gasteiger partial charge on any atom is -0.393 e. The molecule has 22 heavy (non-hydrogen) atoms. The summed E-state index contributed by atoms with van der Waals surface area (Å²) >= 11 is 12.7. The second-order valence-corrected chi connectivity index (χ2v) is 7.78. The smallest absolute Gasteiger partial charge is 0.110 e. The van der Waals surface area contributed by atoms with Crippen LogP contribution in [0.15, 0.2) is 22.8 Å². The number of rotatable bonds is 3. The largest absolute Gasteiger partial charge is 0.393 e. The number of alkyl halides is 1. The molecular weight excluding hydrogens is 321 g/mol. The van der Waals surface area contributed by atoms with Crippen molar-refractivity contribution < 1.29 is 10.2 Å². The van der Waals surface area contributed by atoms with Crippen molar-refractivity contribution in [3.05, 3.63) is 22.8 Å². The molecule has 3 aliphatic rings. The van der Waals surface area contributed by atoms with Crippen LogP contribution in [-0.2, 0) is 0 Å². The van der Waals surface area contributed by atoms with Crippen LogP contribution in [0.3, 0.4) is 0 Å². The summed E-state index contributed by atoms with van der Waals surface area (Å²) in [6.45, 7) is 0.931. The Labute approximate surface area is 142 Å². The van der Waals surface area contributed by atoms with E-state index in [1.165, 1.54) is 0 Å². The van der Waals surface area contributed by atoms with Crippen LogP contribution in [0.25, 0.3) is 0 Å². The lowest BCUT2D eigenvalue weighted by Crippen LogP contribution is -2.43. The van der Waals surface area contributed by atoms with Crippen molar-refractivity contribution in [3.63, 3.8) is 0 Å². The summed E-state index contributed by atoms with van der Waals surface area (Å²) < 4.78 is 0. The molecule has 1 heterocycles. The molecule has 3 unspecified atom stereocenters. The van der Waals surface area contributed by atoms with Crippen molar-refractivity contribution in [1.82, 2.24) is 4.90 Å². The summed E-state index contributed by atoms with van der Waals surface area (Å²) in [4.78, 5) is 2.23. The molecule has 0 aromatic carbocycles. The average Bonchev–Trinajstić information content (AvgIpc) is 2.85. The molecular formula is C17H25Cl2NO2. The number of likely N-dealkylation sites (tertiary alicyclic amines) is 1. The standard InChI is InChI=1S/C17H25Cl2NO2/c18-15-2-1-3-16(19)14(15)10-11-8-9-20(17(11)22)12-4-6-13(21)7-5-12/h1-2,11-13,16-17,21-22H,3-10H2. The zero-order valence-electron chi connectivity index (χ0n) is 12.8. The summed E-state index contributed by atoms with van der Waals surface area (Å²) in [5.74, 6) is 0.211. The van der Waals surface area contributed by atoms with Gasteiger partial charge < -0.3 is 10.2 Å². The Bertz CT molecular complexity index is 458. The van der Waals surface area contributed by atoms with E-state index in [1.807, 2.05) is 12.2 Å². The van der Waals surface area contributed by atoms with Gasteiger partial charge in [-0.2, -0.15) is 0 Å². The lowest BCUT2D eigenvalue weighted by molar-refractivity contribution is -0.0359. The van der Waals surface area contributed by atoms with Gasteiger partial charge in [-0.3, -0.25) is 4.90 Å². The molecule has 0 aromatic heterocycles. The molecule has 1 aliphatic heterocycles. The highest BCUT2D eigenvalue weighted by atomic mass is 35.5. The lowest BCUT2D eigenvalue weighted by atomic mass is 9.90. The van der Waals surface area contributed by atoms with Gasteiger partial charge in [0.1, 0.15) is 6.23 Å². The number of halogens is 2.